The minimum atomic E-state index is -2.95. The summed E-state index contributed by atoms with van der Waals surface area (Å²) < 4.78 is 21.4. The summed E-state index contributed by atoms with van der Waals surface area (Å²) in [5, 5.41) is -0.211. The lowest BCUT2D eigenvalue weighted by Crippen LogP contribution is -2.12. The SMILES string of the molecule is CCC(CC)S(=O)(=O)Br. The van der Waals surface area contributed by atoms with Gasteiger partial charge in [-0.15, -0.1) is 0 Å². The summed E-state index contributed by atoms with van der Waals surface area (Å²) >= 11 is 2.64. The van der Waals surface area contributed by atoms with Crippen LogP contribution in [0.1, 0.15) is 26.7 Å². The van der Waals surface area contributed by atoms with Gasteiger partial charge in [-0.25, -0.2) is 8.42 Å². The third-order valence-corrected chi connectivity index (χ3v) is 4.36. The highest BCUT2D eigenvalue weighted by molar-refractivity contribution is 9.47. The molecule has 0 saturated heterocycles. The lowest BCUT2D eigenvalue weighted by molar-refractivity contribution is 0.588. The molecule has 0 unspecified atom stereocenters. The van der Waals surface area contributed by atoms with Gasteiger partial charge in [0.15, 0.2) is 0 Å². The quantitative estimate of drug-likeness (QED) is 0.674. The van der Waals surface area contributed by atoms with Crippen LogP contribution in [0.5, 0.6) is 0 Å². The number of halogens is 1. The van der Waals surface area contributed by atoms with Crippen LogP contribution in [0.2, 0.25) is 0 Å². The van der Waals surface area contributed by atoms with E-state index in [2.05, 4.69) is 14.8 Å². The van der Waals surface area contributed by atoms with Crippen molar-refractivity contribution in [2.75, 3.05) is 0 Å². The molecule has 0 amide bonds. The van der Waals surface area contributed by atoms with Crippen LogP contribution in [0.3, 0.4) is 0 Å². The summed E-state index contributed by atoms with van der Waals surface area (Å²) in [5.74, 6) is 0. The highest BCUT2D eigenvalue weighted by Crippen LogP contribution is 2.15. The second-order valence-electron chi connectivity index (χ2n) is 1.91. The van der Waals surface area contributed by atoms with E-state index in [0.29, 0.717) is 12.8 Å². The maximum absolute atomic E-state index is 10.7. The number of hydrogen-bond donors (Lipinski definition) is 0. The molecule has 0 N–H and O–H groups in total. The molecule has 0 radical (unpaired) electrons. The van der Waals surface area contributed by atoms with Crippen molar-refractivity contribution in [3.63, 3.8) is 0 Å². The maximum Gasteiger partial charge on any atom is 0.212 e. The van der Waals surface area contributed by atoms with Crippen LogP contribution in [0.4, 0.5) is 0 Å². The largest absolute Gasteiger partial charge is 0.217 e. The Hall–Kier alpha value is 0.430. The fourth-order valence-electron chi connectivity index (χ4n) is 0.687. The average Bonchev–Trinajstić information content (AvgIpc) is 1.65. The molecule has 0 heterocycles. The molecule has 0 aliphatic rings. The van der Waals surface area contributed by atoms with E-state index in [0.717, 1.165) is 0 Å². The minimum absolute atomic E-state index is 0.211. The Kier molecular flexibility index (Phi) is 3.73. The fourth-order valence-corrected chi connectivity index (χ4v) is 3.07. The molecule has 0 fully saturated rings. The van der Waals surface area contributed by atoms with E-state index in [1.54, 1.807) is 0 Å². The molecule has 0 rings (SSSR count). The Bertz CT molecular complexity index is 158. The van der Waals surface area contributed by atoms with Crippen molar-refractivity contribution in [1.29, 1.82) is 0 Å². The summed E-state index contributed by atoms with van der Waals surface area (Å²) in [7, 11) is -2.95. The summed E-state index contributed by atoms with van der Waals surface area (Å²) in [5.41, 5.74) is 0. The first-order valence-electron chi connectivity index (χ1n) is 2.95. The zero-order valence-electron chi connectivity index (χ0n) is 5.59. The Morgan fingerprint density at radius 1 is 1.33 bits per heavy atom. The first kappa shape index (κ1) is 9.43. The normalized spacial score (nSPS) is 12.4. The molecule has 0 aromatic rings. The topological polar surface area (TPSA) is 34.1 Å². The van der Waals surface area contributed by atoms with Crippen molar-refractivity contribution in [2.45, 2.75) is 31.9 Å². The summed E-state index contributed by atoms with van der Waals surface area (Å²) in [6.07, 6.45) is 1.37. The van der Waals surface area contributed by atoms with Crippen LogP contribution in [0.25, 0.3) is 0 Å². The van der Waals surface area contributed by atoms with E-state index >= 15 is 0 Å². The maximum atomic E-state index is 10.7. The molecule has 0 aliphatic heterocycles. The van der Waals surface area contributed by atoms with Gasteiger partial charge in [-0.3, -0.25) is 0 Å². The molecule has 0 atom stereocenters. The third-order valence-electron chi connectivity index (χ3n) is 1.31. The molecule has 56 valence electrons. The number of hydrogen-bond acceptors (Lipinski definition) is 2. The van der Waals surface area contributed by atoms with Crippen molar-refractivity contribution in [2.24, 2.45) is 0 Å². The van der Waals surface area contributed by atoms with Gasteiger partial charge in [-0.1, -0.05) is 13.8 Å². The second-order valence-corrected chi connectivity index (χ2v) is 6.24. The summed E-state index contributed by atoms with van der Waals surface area (Å²) in [6.45, 7) is 3.74. The first-order valence-corrected chi connectivity index (χ1v) is 6.34. The van der Waals surface area contributed by atoms with Crippen LogP contribution >= 0.6 is 14.8 Å². The van der Waals surface area contributed by atoms with E-state index in [1.807, 2.05) is 13.8 Å². The predicted octanol–water partition coefficient (Wildman–Crippen LogP) is 1.90. The molecule has 4 heteroatoms. The van der Waals surface area contributed by atoms with Gasteiger partial charge in [0.25, 0.3) is 0 Å². The van der Waals surface area contributed by atoms with Gasteiger partial charge in [0, 0.05) is 0 Å². The summed E-state index contributed by atoms with van der Waals surface area (Å²) in [6, 6.07) is 0. The van der Waals surface area contributed by atoms with E-state index in [1.165, 1.54) is 0 Å². The van der Waals surface area contributed by atoms with Crippen LogP contribution in [0, 0.1) is 0 Å². The molecular formula is C5H11BrO2S. The van der Waals surface area contributed by atoms with Crippen molar-refractivity contribution < 1.29 is 8.42 Å². The van der Waals surface area contributed by atoms with Crippen molar-refractivity contribution in [1.82, 2.24) is 0 Å². The first-order chi connectivity index (χ1) is 4.02. The molecular weight excluding hydrogens is 204 g/mol. The monoisotopic (exact) mass is 214 g/mol. The van der Waals surface area contributed by atoms with Crippen LogP contribution in [0.15, 0.2) is 0 Å². The van der Waals surface area contributed by atoms with Crippen LogP contribution in [-0.2, 0) is 8.27 Å². The van der Waals surface area contributed by atoms with Gasteiger partial charge in [-0.05, 0) is 12.8 Å². The van der Waals surface area contributed by atoms with Gasteiger partial charge in [0.2, 0.25) is 8.27 Å². The molecule has 0 saturated carbocycles. The highest BCUT2D eigenvalue weighted by atomic mass is 79.9. The molecule has 9 heavy (non-hydrogen) atoms. The van der Waals surface area contributed by atoms with Crippen LogP contribution in [-0.4, -0.2) is 13.7 Å². The summed E-state index contributed by atoms with van der Waals surface area (Å²) in [4.78, 5) is 0. The molecule has 0 spiro atoms. The molecule has 2 nitrogen and oxygen atoms in total. The minimum Gasteiger partial charge on any atom is -0.217 e. The molecule has 0 bridgehead atoms. The molecule has 0 aromatic carbocycles. The van der Waals surface area contributed by atoms with Crippen molar-refractivity contribution in [3.05, 3.63) is 0 Å². The number of rotatable bonds is 3. The average molecular weight is 215 g/mol. The van der Waals surface area contributed by atoms with E-state index in [9.17, 15) is 8.42 Å². The zero-order chi connectivity index (χ0) is 7.49. The van der Waals surface area contributed by atoms with E-state index < -0.39 is 8.27 Å². The predicted molar refractivity (Wildman–Crippen MR) is 42.2 cm³/mol. The Labute approximate surface area is 63.8 Å². The van der Waals surface area contributed by atoms with Gasteiger partial charge in [-0.2, -0.15) is 0 Å². The van der Waals surface area contributed by atoms with E-state index in [-0.39, 0.29) is 5.25 Å². The second kappa shape index (κ2) is 3.56. The van der Waals surface area contributed by atoms with Crippen LogP contribution < -0.4 is 0 Å². The molecule has 0 aromatic heterocycles. The zero-order valence-corrected chi connectivity index (χ0v) is 8.00. The standard InChI is InChI=1S/C5H11BrO2S/c1-3-5(4-2)9(6,7)8/h5H,3-4H2,1-2H3. The van der Waals surface area contributed by atoms with Gasteiger partial charge < -0.3 is 0 Å². The lowest BCUT2D eigenvalue weighted by Gasteiger charge is -2.05. The Balaban J connectivity index is 4.14. The van der Waals surface area contributed by atoms with Crippen molar-refractivity contribution in [3.8, 4) is 0 Å². The Morgan fingerprint density at radius 2 is 1.67 bits per heavy atom. The highest BCUT2D eigenvalue weighted by Gasteiger charge is 2.17. The Morgan fingerprint density at radius 3 is 1.67 bits per heavy atom. The van der Waals surface area contributed by atoms with Gasteiger partial charge in [0.1, 0.15) is 0 Å². The molecule has 0 aliphatic carbocycles. The smallest absolute Gasteiger partial charge is 0.212 e. The third kappa shape index (κ3) is 3.20. The van der Waals surface area contributed by atoms with E-state index in [4.69, 9.17) is 0 Å². The fraction of sp³-hybridized carbons (Fsp3) is 1.00. The van der Waals surface area contributed by atoms with Gasteiger partial charge >= 0.3 is 0 Å². The lowest BCUT2D eigenvalue weighted by atomic mass is 10.3. The van der Waals surface area contributed by atoms with Crippen molar-refractivity contribution >= 4 is 23.1 Å². The van der Waals surface area contributed by atoms with Gasteiger partial charge in [0.05, 0.1) is 20.1 Å².